The molecule has 1 fully saturated rings. The molecule has 3 rings (SSSR count). The number of aromatic nitrogens is 1. The molecule has 0 aliphatic carbocycles. The van der Waals surface area contributed by atoms with Crippen LogP contribution in [0.15, 0.2) is 59.8 Å². The van der Waals surface area contributed by atoms with E-state index < -0.39 is 9.84 Å². The fourth-order valence-corrected chi connectivity index (χ4v) is 4.73. The van der Waals surface area contributed by atoms with E-state index in [4.69, 9.17) is 0 Å². The van der Waals surface area contributed by atoms with Gasteiger partial charge in [-0.2, -0.15) is 0 Å². The number of carbonyl (C=O) groups excluding carboxylic acids is 1. The summed E-state index contributed by atoms with van der Waals surface area (Å²) in [4.78, 5) is 18.5. The van der Waals surface area contributed by atoms with Gasteiger partial charge in [-0.15, -0.1) is 0 Å². The van der Waals surface area contributed by atoms with Gasteiger partial charge in [-0.25, -0.2) is 8.42 Å². The number of carbonyl (C=O) groups is 1. The Labute approximate surface area is 142 Å². The van der Waals surface area contributed by atoms with Crippen LogP contribution in [-0.4, -0.2) is 43.1 Å². The zero-order valence-electron chi connectivity index (χ0n) is 13.3. The molecule has 126 valence electrons. The molecule has 1 aromatic heterocycles. The highest BCUT2D eigenvalue weighted by Gasteiger charge is 2.27. The Morgan fingerprint density at radius 2 is 1.79 bits per heavy atom. The maximum atomic E-state index is 12.4. The van der Waals surface area contributed by atoms with Crippen LogP contribution in [0, 0.1) is 5.92 Å². The van der Waals surface area contributed by atoms with E-state index in [-0.39, 0.29) is 17.6 Å². The van der Waals surface area contributed by atoms with Gasteiger partial charge in [-0.1, -0.05) is 18.2 Å². The summed E-state index contributed by atoms with van der Waals surface area (Å²) in [5, 5.41) is 0. The summed E-state index contributed by atoms with van der Waals surface area (Å²) in [7, 11) is -3.26. The first kappa shape index (κ1) is 16.6. The minimum atomic E-state index is -3.26. The van der Waals surface area contributed by atoms with Gasteiger partial charge in [0.15, 0.2) is 9.84 Å². The van der Waals surface area contributed by atoms with Crippen LogP contribution in [0.25, 0.3) is 0 Å². The first-order valence-electron chi connectivity index (χ1n) is 8.03. The molecule has 2 heterocycles. The fourth-order valence-electron chi connectivity index (χ4n) is 3.01. The van der Waals surface area contributed by atoms with Crippen molar-refractivity contribution in [2.75, 3.05) is 18.8 Å². The molecule has 0 saturated carbocycles. The molecular weight excluding hydrogens is 324 g/mol. The van der Waals surface area contributed by atoms with Gasteiger partial charge in [0.2, 0.25) is 0 Å². The van der Waals surface area contributed by atoms with Gasteiger partial charge in [0.1, 0.15) is 0 Å². The second-order valence-electron chi connectivity index (χ2n) is 6.07. The van der Waals surface area contributed by atoms with Gasteiger partial charge in [0.05, 0.1) is 16.2 Å². The minimum Gasteiger partial charge on any atom is -0.339 e. The van der Waals surface area contributed by atoms with Gasteiger partial charge in [-0.05, 0) is 43.0 Å². The van der Waals surface area contributed by atoms with Crippen molar-refractivity contribution in [1.29, 1.82) is 0 Å². The van der Waals surface area contributed by atoms with Crippen molar-refractivity contribution in [3.05, 3.63) is 60.4 Å². The lowest BCUT2D eigenvalue weighted by Gasteiger charge is -2.31. The van der Waals surface area contributed by atoms with Crippen LogP contribution in [0.4, 0.5) is 0 Å². The SMILES string of the molecule is O=C(c1cccnc1)N1CCC(CS(=O)(=O)c2ccccc2)CC1. The third kappa shape index (κ3) is 3.82. The predicted octanol–water partition coefficient (Wildman–Crippen LogP) is 2.41. The van der Waals surface area contributed by atoms with Crippen molar-refractivity contribution in [1.82, 2.24) is 9.88 Å². The van der Waals surface area contributed by atoms with E-state index in [1.807, 2.05) is 6.07 Å². The largest absolute Gasteiger partial charge is 0.339 e. The number of likely N-dealkylation sites (tertiary alicyclic amines) is 1. The number of sulfone groups is 1. The molecule has 0 spiro atoms. The van der Waals surface area contributed by atoms with Crippen LogP contribution in [0.5, 0.6) is 0 Å². The molecule has 1 saturated heterocycles. The summed E-state index contributed by atoms with van der Waals surface area (Å²) in [5.41, 5.74) is 0.577. The predicted molar refractivity (Wildman–Crippen MR) is 91.4 cm³/mol. The van der Waals surface area contributed by atoms with E-state index in [1.165, 1.54) is 0 Å². The average Bonchev–Trinajstić information content (AvgIpc) is 2.63. The normalized spacial score (nSPS) is 16.1. The van der Waals surface area contributed by atoms with Crippen molar-refractivity contribution in [2.24, 2.45) is 5.92 Å². The van der Waals surface area contributed by atoms with E-state index in [9.17, 15) is 13.2 Å². The van der Waals surface area contributed by atoms with Gasteiger partial charge in [-0.3, -0.25) is 9.78 Å². The summed E-state index contributed by atoms with van der Waals surface area (Å²) < 4.78 is 24.9. The number of nitrogens with zero attached hydrogens (tertiary/aromatic N) is 2. The van der Waals surface area contributed by atoms with E-state index in [1.54, 1.807) is 53.7 Å². The van der Waals surface area contributed by atoms with Gasteiger partial charge in [0.25, 0.3) is 5.91 Å². The number of pyridine rings is 1. The summed E-state index contributed by atoms with van der Waals surface area (Å²) >= 11 is 0. The topological polar surface area (TPSA) is 67.3 Å². The summed E-state index contributed by atoms with van der Waals surface area (Å²) in [6, 6.07) is 12.0. The Morgan fingerprint density at radius 3 is 2.42 bits per heavy atom. The number of hydrogen-bond acceptors (Lipinski definition) is 4. The quantitative estimate of drug-likeness (QED) is 0.854. The summed E-state index contributed by atoms with van der Waals surface area (Å²) in [6.45, 7) is 1.17. The fraction of sp³-hybridized carbons (Fsp3) is 0.333. The lowest BCUT2D eigenvalue weighted by atomic mass is 9.98. The molecular formula is C18H20N2O3S. The summed E-state index contributed by atoms with van der Waals surface area (Å²) in [5.74, 6) is 0.201. The number of hydrogen-bond donors (Lipinski definition) is 0. The monoisotopic (exact) mass is 344 g/mol. The van der Waals surface area contributed by atoms with Crippen molar-refractivity contribution < 1.29 is 13.2 Å². The van der Waals surface area contributed by atoms with Gasteiger partial charge < -0.3 is 4.90 Å². The zero-order chi connectivity index (χ0) is 17.0. The number of benzene rings is 1. The third-order valence-corrected chi connectivity index (χ3v) is 6.27. The van der Waals surface area contributed by atoms with Crippen LogP contribution in [-0.2, 0) is 9.84 Å². The van der Waals surface area contributed by atoms with Crippen molar-refractivity contribution >= 4 is 15.7 Å². The van der Waals surface area contributed by atoms with Gasteiger partial charge >= 0.3 is 0 Å². The second-order valence-corrected chi connectivity index (χ2v) is 8.11. The molecule has 1 aliphatic heterocycles. The lowest BCUT2D eigenvalue weighted by Crippen LogP contribution is -2.40. The Bertz CT molecular complexity index is 784. The first-order valence-corrected chi connectivity index (χ1v) is 9.68. The second kappa shape index (κ2) is 7.13. The molecule has 6 heteroatoms. The number of rotatable bonds is 4. The molecule has 1 amide bonds. The molecule has 2 aromatic rings. The standard InChI is InChI=1S/C18H20N2O3S/c21-18(16-5-4-10-19-13-16)20-11-8-15(9-12-20)14-24(22,23)17-6-2-1-3-7-17/h1-7,10,13,15H,8-9,11-12,14H2. The molecule has 5 nitrogen and oxygen atoms in total. The average molecular weight is 344 g/mol. The van der Waals surface area contributed by atoms with Crippen LogP contribution < -0.4 is 0 Å². The molecule has 0 atom stereocenters. The minimum absolute atomic E-state index is 0.0348. The maximum absolute atomic E-state index is 12.4. The van der Waals surface area contributed by atoms with Gasteiger partial charge in [0, 0.05) is 25.5 Å². The van der Waals surface area contributed by atoms with Crippen molar-refractivity contribution in [3.8, 4) is 0 Å². The Morgan fingerprint density at radius 1 is 1.08 bits per heavy atom. The molecule has 1 aliphatic rings. The smallest absolute Gasteiger partial charge is 0.255 e. The first-order chi connectivity index (χ1) is 11.6. The number of amides is 1. The van der Waals surface area contributed by atoms with Crippen LogP contribution in [0.3, 0.4) is 0 Å². The highest BCUT2D eigenvalue weighted by molar-refractivity contribution is 7.91. The van der Waals surface area contributed by atoms with E-state index in [0.717, 1.165) is 0 Å². The zero-order valence-corrected chi connectivity index (χ0v) is 14.2. The molecule has 1 aromatic carbocycles. The van der Waals surface area contributed by atoms with E-state index in [2.05, 4.69) is 4.98 Å². The molecule has 0 radical (unpaired) electrons. The van der Waals surface area contributed by atoms with Crippen LogP contribution in [0.2, 0.25) is 0 Å². The highest BCUT2D eigenvalue weighted by atomic mass is 32.2. The molecule has 0 N–H and O–H groups in total. The summed E-state index contributed by atoms with van der Waals surface area (Å²) in [6.07, 6.45) is 4.61. The van der Waals surface area contributed by atoms with Crippen molar-refractivity contribution in [2.45, 2.75) is 17.7 Å². The Hall–Kier alpha value is -2.21. The van der Waals surface area contributed by atoms with Crippen molar-refractivity contribution in [3.63, 3.8) is 0 Å². The highest BCUT2D eigenvalue weighted by Crippen LogP contribution is 2.23. The molecule has 24 heavy (non-hydrogen) atoms. The lowest BCUT2D eigenvalue weighted by molar-refractivity contribution is 0.0698. The molecule has 0 unspecified atom stereocenters. The Balaban J connectivity index is 1.59. The van der Waals surface area contributed by atoms with E-state index in [0.29, 0.717) is 36.4 Å². The van der Waals surface area contributed by atoms with E-state index >= 15 is 0 Å². The van der Waals surface area contributed by atoms with Crippen LogP contribution in [0.1, 0.15) is 23.2 Å². The number of piperidine rings is 1. The van der Waals surface area contributed by atoms with Crippen LogP contribution >= 0.6 is 0 Å². The maximum Gasteiger partial charge on any atom is 0.255 e. The Kier molecular flexibility index (Phi) is 4.94. The molecule has 0 bridgehead atoms. The third-order valence-electron chi connectivity index (χ3n) is 4.37.